The first-order valence-electron chi connectivity index (χ1n) is 9.16. The van der Waals surface area contributed by atoms with Crippen LogP contribution >= 0.6 is 0 Å². The molecule has 0 radical (unpaired) electrons. The standard InChI is InChI=1S/C20H32N2O2/c1-14(2)19(15(3)4)12-21-17-10-18(11-17)22-20(23)24-13-16-8-6-5-7-9-16/h5-9,14-15,17-19,21H,10-13H2,1-4H3,(H,22,23). The molecular weight excluding hydrogens is 300 g/mol. The van der Waals surface area contributed by atoms with E-state index in [4.69, 9.17) is 4.74 Å². The Balaban J connectivity index is 1.60. The molecule has 2 N–H and O–H groups in total. The highest BCUT2D eigenvalue weighted by Gasteiger charge is 2.31. The van der Waals surface area contributed by atoms with E-state index in [1.165, 1.54) is 0 Å². The van der Waals surface area contributed by atoms with E-state index in [1.54, 1.807) is 0 Å². The van der Waals surface area contributed by atoms with Crippen LogP contribution in [0.4, 0.5) is 4.79 Å². The van der Waals surface area contributed by atoms with Crippen LogP contribution in [-0.2, 0) is 11.3 Å². The Hall–Kier alpha value is -1.55. The van der Waals surface area contributed by atoms with Gasteiger partial charge in [0.25, 0.3) is 0 Å². The molecule has 1 fully saturated rings. The lowest BCUT2D eigenvalue weighted by molar-refractivity contribution is 0.124. The van der Waals surface area contributed by atoms with E-state index in [1.807, 2.05) is 30.3 Å². The Morgan fingerprint density at radius 2 is 1.71 bits per heavy atom. The van der Waals surface area contributed by atoms with Crippen molar-refractivity contribution in [1.82, 2.24) is 10.6 Å². The minimum Gasteiger partial charge on any atom is -0.445 e. The number of hydrogen-bond donors (Lipinski definition) is 2. The van der Waals surface area contributed by atoms with E-state index in [0.29, 0.717) is 30.4 Å². The smallest absolute Gasteiger partial charge is 0.407 e. The minimum absolute atomic E-state index is 0.238. The Morgan fingerprint density at radius 1 is 1.08 bits per heavy atom. The van der Waals surface area contributed by atoms with Gasteiger partial charge in [-0.1, -0.05) is 58.0 Å². The van der Waals surface area contributed by atoms with Crippen molar-refractivity contribution in [3.63, 3.8) is 0 Å². The van der Waals surface area contributed by atoms with Crippen molar-refractivity contribution in [2.75, 3.05) is 6.54 Å². The van der Waals surface area contributed by atoms with E-state index < -0.39 is 0 Å². The summed E-state index contributed by atoms with van der Waals surface area (Å²) in [5, 5.41) is 6.60. The highest BCUT2D eigenvalue weighted by Crippen LogP contribution is 2.23. The number of rotatable bonds is 8. The zero-order chi connectivity index (χ0) is 17.5. The SMILES string of the molecule is CC(C)C(CNC1CC(NC(=O)OCc2ccccc2)C1)C(C)C. The van der Waals surface area contributed by atoms with E-state index in [0.717, 1.165) is 24.9 Å². The van der Waals surface area contributed by atoms with Crippen molar-refractivity contribution in [3.05, 3.63) is 35.9 Å². The average molecular weight is 332 g/mol. The van der Waals surface area contributed by atoms with Crippen LogP contribution < -0.4 is 10.6 Å². The maximum Gasteiger partial charge on any atom is 0.407 e. The first-order chi connectivity index (χ1) is 11.5. The first-order valence-corrected chi connectivity index (χ1v) is 9.16. The summed E-state index contributed by atoms with van der Waals surface area (Å²) in [6, 6.07) is 10.5. The molecule has 0 aliphatic heterocycles. The van der Waals surface area contributed by atoms with Crippen molar-refractivity contribution >= 4 is 6.09 Å². The summed E-state index contributed by atoms with van der Waals surface area (Å²) in [5.41, 5.74) is 1.01. The summed E-state index contributed by atoms with van der Waals surface area (Å²) >= 11 is 0. The van der Waals surface area contributed by atoms with Crippen molar-refractivity contribution in [2.24, 2.45) is 17.8 Å². The van der Waals surface area contributed by atoms with Crippen LogP contribution in [0.1, 0.15) is 46.1 Å². The van der Waals surface area contributed by atoms with Gasteiger partial charge in [-0.15, -0.1) is 0 Å². The maximum atomic E-state index is 11.8. The topological polar surface area (TPSA) is 50.4 Å². The van der Waals surface area contributed by atoms with Crippen LogP contribution in [0.25, 0.3) is 0 Å². The van der Waals surface area contributed by atoms with Gasteiger partial charge in [0, 0.05) is 12.1 Å². The zero-order valence-corrected chi connectivity index (χ0v) is 15.4. The van der Waals surface area contributed by atoms with Gasteiger partial charge in [-0.05, 0) is 42.7 Å². The highest BCUT2D eigenvalue weighted by molar-refractivity contribution is 5.67. The molecule has 134 valence electrons. The second-order valence-corrected chi connectivity index (χ2v) is 7.63. The fraction of sp³-hybridized carbons (Fsp3) is 0.650. The third-order valence-corrected chi connectivity index (χ3v) is 5.03. The number of nitrogens with one attached hydrogen (secondary N) is 2. The van der Waals surface area contributed by atoms with Crippen LogP contribution in [0.5, 0.6) is 0 Å². The lowest BCUT2D eigenvalue weighted by Gasteiger charge is -2.38. The molecular formula is C20H32N2O2. The van der Waals surface area contributed by atoms with Gasteiger partial charge in [-0.3, -0.25) is 0 Å². The predicted octanol–water partition coefficient (Wildman–Crippen LogP) is 3.96. The molecule has 0 heterocycles. The van der Waals surface area contributed by atoms with Gasteiger partial charge in [0.2, 0.25) is 0 Å². The van der Waals surface area contributed by atoms with E-state index >= 15 is 0 Å². The molecule has 4 heteroatoms. The van der Waals surface area contributed by atoms with Crippen LogP contribution in [0, 0.1) is 17.8 Å². The van der Waals surface area contributed by atoms with E-state index in [2.05, 4.69) is 38.3 Å². The van der Waals surface area contributed by atoms with Gasteiger partial charge in [-0.25, -0.2) is 4.79 Å². The monoisotopic (exact) mass is 332 g/mol. The van der Waals surface area contributed by atoms with Gasteiger partial charge in [0.15, 0.2) is 0 Å². The molecule has 1 aliphatic rings. The summed E-state index contributed by atoms with van der Waals surface area (Å²) in [4.78, 5) is 11.8. The molecule has 2 rings (SSSR count). The first kappa shape index (κ1) is 18.8. The van der Waals surface area contributed by atoms with Crippen molar-refractivity contribution in [1.29, 1.82) is 0 Å². The second-order valence-electron chi connectivity index (χ2n) is 7.63. The van der Waals surface area contributed by atoms with Crippen molar-refractivity contribution in [3.8, 4) is 0 Å². The van der Waals surface area contributed by atoms with Crippen LogP contribution in [-0.4, -0.2) is 24.7 Å². The van der Waals surface area contributed by atoms with Gasteiger partial charge >= 0.3 is 6.09 Å². The molecule has 1 aromatic rings. The number of carbonyl (C=O) groups excluding carboxylic acids is 1. The molecule has 1 aromatic carbocycles. The summed E-state index contributed by atoms with van der Waals surface area (Å²) in [5.74, 6) is 2.09. The summed E-state index contributed by atoms with van der Waals surface area (Å²) in [6.45, 7) is 10.6. The van der Waals surface area contributed by atoms with Gasteiger partial charge in [0.1, 0.15) is 6.61 Å². The van der Waals surface area contributed by atoms with Crippen LogP contribution in [0.3, 0.4) is 0 Å². The number of benzene rings is 1. The Morgan fingerprint density at radius 3 is 2.29 bits per heavy atom. The van der Waals surface area contributed by atoms with E-state index in [9.17, 15) is 4.79 Å². The molecule has 0 saturated heterocycles. The van der Waals surface area contributed by atoms with Gasteiger partial charge in [-0.2, -0.15) is 0 Å². The van der Waals surface area contributed by atoms with Crippen molar-refractivity contribution in [2.45, 2.75) is 59.2 Å². The van der Waals surface area contributed by atoms with E-state index in [-0.39, 0.29) is 12.1 Å². The minimum atomic E-state index is -0.315. The maximum absolute atomic E-state index is 11.8. The third-order valence-electron chi connectivity index (χ3n) is 5.03. The molecule has 0 atom stereocenters. The normalized spacial score (nSPS) is 20.3. The molecule has 0 bridgehead atoms. The lowest BCUT2D eigenvalue weighted by Crippen LogP contribution is -2.53. The molecule has 24 heavy (non-hydrogen) atoms. The van der Waals surface area contributed by atoms with Gasteiger partial charge in [0.05, 0.1) is 0 Å². The Kier molecular flexibility index (Phi) is 7.10. The van der Waals surface area contributed by atoms with Gasteiger partial charge < -0.3 is 15.4 Å². The molecule has 1 saturated carbocycles. The lowest BCUT2D eigenvalue weighted by atomic mass is 9.83. The number of ether oxygens (including phenoxy) is 1. The molecule has 0 aromatic heterocycles. The number of carbonyl (C=O) groups is 1. The van der Waals surface area contributed by atoms with Crippen LogP contribution in [0.2, 0.25) is 0 Å². The molecule has 1 amide bonds. The molecule has 1 aliphatic carbocycles. The van der Waals surface area contributed by atoms with Crippen LogP contribution in [0.15, 0.2) is 30.3 Å². The number of hydrogen-bond acceptors (Lipinski definition) is 3. The quantitative estimate of drug-likeness (QED) is 0.757. The second kappa shape index (κ2) is 9.07. The third kappa shape index (κ3) is 5.82. The summed E-state index contributed by atoms with van der Waals surface area (Å²) < 4.78 is 5.26. The number of amides is 1. The number of alkyl carbamates (subject to hydrolysis) is 1. The fourth-order valence-electron chi connectivity index (χ4n) is 3.38. The molecule has 0 spiro atoms. The largest absolute Gasteiger partial charge is 0.445 e. The van der Waals surface area contributed by atoms with Crippen molar-refractivity contribution < 1.29 is 9.53 Å². The predicted molar refractivity (Wildman–Crippen MR) is 97.7 cm³/mol. The molecule has 0 unspecified atom stereocenters. The summed E-state index contributed by atoms with van der Waals surface area (Å²) in [6.07, 6.45) is 1.66. The average Bonchev–Trinajstić information content (AvgIpc) is 2.50. The fourth-order valence-corrected chi connectivity index (χ4v) is 3.38. The highest BCUT2D eigenvalue weighted by atomic mass is 16.5. The summed E-state index contributed by atoms with van der Waals surface area (Å²) in [7, 11) is 0. The Labute approximate surface area is 146 Å². The zero-order valence-electron chi connectivity index (χ0n) is 15.4. The Bertz CT molecular complexity index is 488. The molecule has 4 nitrogen and oxygen atoms in total.